The van der Waals surface area contributed by atoms with Crippen molar-refractivity contribution in [3.8, 4) is 11.8 Å². The minimum absolute atomic E-state index is 0.455. The van der Waals surface area contributed by atoms with Gasteiger partial charge in [0.05, 0.1) is 15.0 Å². The highest BCUT2D eigenvalue weighted by Gasteiger charge is 2.26. The molecule has 2 aromatic carbocycles. The van der Waals surface area contributed by atoms with Gasteiger partial charge in [-0.1, -0.05) is 61.6 Å². The minimum Gasteiger partial charge on any atom is -0.137 e. The van der Waals surface area contributed by atoms with E-state index in [1.807, 2.05) is 22.7 Å². The second-order valence-electron chi connectivity index (χ2n) is 8.41. The molecule has 0 saturated carbocycles. The highest BCUT2D eigenvalue weighted by molar-refractivity contribution is 7.33. The normalized spacial score (nSPS) is 22.0. The van der Waals surface area contributed by atoms with E-state index in [0.717, 1.165) is 6.42 Å². The number of hydrogen-bond acceptors (Lipinski definition) is 2. The quantitative estimate of drug-likeness (QED) is 0.227. The molecule has 3 unspecified atom stereocenters. The SMILES string of the molecule is C/C=C\C1CC(C)c2sc3c(sc4cc5cc(C)ccc5cc43)c2C#CC1CC. The number of thiophene rings is 2. The Morgan fingerprint density at radius 2 is 1.97 bits per heavy atom. The summed E-state index contributed by atoms with van der Waals surface area (Å²) >= 11 is 3.93. The Kier molecular flexibility index (Phi) is 4.77. The topological polar surface area (TPSA) is 0 Å². The summed E-state index contributed by atoms with van der Waals surface area (Å²) in [5, 5.41) is 4.08. The third-order valence-electron chi connectivity index (χ3n) is 6.29. The van der Waals surface area contributed by atoms with Crippen LogP contribution in [0.4, 0.5) is 0 Å². The van der Waals surface area contributed by atoms with Crippen LogP contribution in [0.5, 0.6) is 0 Å². The van der Waals surface area contributed by atoms with E-state index in [9.17, 15) is 0 Å². The molecule has 5 rings (SSSR count). The van der Waals surface area contributed by atoms with Crippen LogP contribution in [0, 0.1) is 30.6 Å². The van der Waals surface area contributed by atoms with Gasteiger partial charge in [-0.2, -0.15) is 0 Å². The lowest BCUT2D eigenvalue weighted by Gasteiger charge is -2.24. The molecule has 0 nitrogen and oxygen atoms in total. The van der Waals surface area contributed by atoms with Crippen molar-refractivity contribution in [1.82, 2.24) is 0 Å². The monoisotopic (exact) mass is 414 g/mol. The van der Waals surface area contributed by atoms with E-state index in [1.54, 1.807) is 0 Å². The minimum atomic E-state index is 0.455. The van der Waals surface area contributed by atoms with Crippen LogP contribution >= 0.6 is 22.7 Å². The third kappa shape index (κ3) is 3.12. The molecule has 0 N–H and O–H groups in total. The van der Waals surface area contributed by atoms with E-state index in [-0.39, 0.29) is 0 Å². The van der Waals surface area contributed by atoms with Gasteiger partial charge in [-0.3, -0.25) is 0 Å². The van der Waals surface area contributed by atoms with Crippen LogP contribution in [0.3, 0.4) is 0 Å². The fourth-order valence-corrected chi connectivity index (χ4v) is 7.52. The van der Waals surface area contributed by atoms with Crippen molar-refractivity contribution in [2.75, 3.05) is 0 Å². The average molecular weight is 415 g/mol. The van der Waals surface area contributed by atoms with Crippen molar-refractivity contribution < 1.29 is 0 Å². The van der Waals surface area contributed by atoms with E-state index >= 15 is 0 Å². The third-order valence-corrected chi connectivity index (χ3v) is 9.05. The van der Waals surface area contributed by atoms with Gasteiger partial charge < -0.3 is 0 Å². The summed E-state index contributed by atoms with van der Waals surface area (Å²) in [5.41, 5.74) is 2.64. The summed E-state index contributed by atoms with van der Waals surface area (Å²) < 4.78 is 4.24. The summed E-state index contributed by atoms with van der Waals surface area (Å²) in [4.78, 5) is 1.49. The molecule has 0 spiro atoms. The van der Waals surface area contributed by atoms with Crippen LogP contribution in [0.2, 0.25) is 0 Å². The first-order valence-corrected chi connectivity index (χ1v) is 12.3. The number of hydrogen-bond donors (Lipinski definition) is 0. The van der Waals surface area contributed by atoms with Crippen LogP contribution < -0.4 is 0 Å². The van der Waals surface area contributed by atoms with Crippen molar-refractivity contribution in [2.45, 2.75) is 46.5 Å². The van der Waals surface area contributed by atoms with Gasteiger partial charge in [0.15, 0.2) is 0 Å². The molecule has 0 fully saturated rings. The Morgan fingerprint density at radius 3 is 2.76 bits per heavy atom. The Balaban J connectivity index is 1.74. The Hall–Kier alpha value is -2.08. The highest BCUT2D eigenvalue weighted by atomic mass is 32.1. The number of fused-ring (bicyclic) bond motifs is 6. The molecule has 1 aliphatic carbocycles. The fraction of sp³-hybridized carbons (Fsp3) is 0.333. The van der Waals surface area contributed by atoms with Gasteiger partial charge in [0.25, 0.3) is 0 Å². The van der Waals surface area contributed by atoms with Gasteiger partial charge in [-0.25, -0.2) is 0 Å². The second kappa shape index (κ2) is 7.31. The molecule has 0 radical (unpaired) electrons. The van der Waals surface area contributed by atoms with E-state index in [0.29, 0.717) is 17.8 Å². The number of aryl methyl sites for hydroxylation is 1. The zero-order chi connectivity index (χ0) is 20.1. The maximum Gasteiger partial charge on any atom is 0.0623 e. The van der Waals surface area contributed by atoms with E-state index in [2.05, 4.69) is 82.0 Å². The van der Waals surface area contributed by atoms with Crippen molar-refractivity contribution in [3.63, 3.8) is 0 Å². The van der Waals surface area contributed by atoms with Gasteiger partial charge in [-0.05, 0) is 61.4 Å². The Morgan fingerprint density at radius 1 is 1.10 bits per heavy atom. The predicted octanol–water partition coefficient (Wildman–Crippen LogP) is 8.65. The second-order valence-corrected chi connectivity index (χ2v) is 10.5. The maximum atomic E-state index is 3.66. The van der Waals surface area contributed by atoms with Crippen molar-refractivity contribution in [3.05, 3.63) is 58.5 Å². The molecule has 1 aliphatic rings. The first kappa shape index (κ1) is 18.9. The van der Waals surface area contributed by atoms with Crippen LogP contribution in [-0.2, 0) is 0 Å². The Bertz CT molecular complexity index is 1320. The maximum absolute atomic E-state index is 3.66. The van der Waals surface area contributed by atoms with E-state index in [1.165, 1.54) is 52.7 Å². The molecule has 3 atom stereocenters. The largest absolute Gasteiger partial charge is 0.137 e. The number of benzene rings is 2. The predicted molar refractivity (Wildman–Crippen MR) is 131 cm³/mol. The molecular formula is C27H26S2. The van der Waals surface area contributed by atoms with Crippen LogP contribution in [0.25, 0.3) is 30.3 Å². The molecule has 2 aromatic heterocycles. The first-order valence-electron chi connectivity index (χ1n) is 10.6. The first-order chi connectivity index (χ1) is 14.1. The summed E-state index contributed by atoms with van der Waals surface area (Å²) in [7, 11) is 0. The van der Waals surface area contributed by atoms with Gasteiger partial charge in [-0.15, -0.1) is 22.7 Å². The molecule has 2 heterocycles. The molecule has 2 heteroatoms. The lowest BCUT2D eigenvalue weighted by molar-refractivity contribution is 0.418. The number of allylic oxidation sites excluding steroid dienone is 2. The molecule has 146 valence electrons. The van der Waals surface area contributed by atoms with E-state index < -0.39 is 0 Å². The lowest BCUT2D eigenvalue weighted by atomic mass is 9.81. The summed E-state index contributed by atoms with van der Waals surface area (Å²) in [5.74, 6) is 8.88. The molecule has 0 saturated heterocycles. The van der Waals surface area contributed by atoms with Gasteiger partial charge in [0.2, 0.25) is 0 Å². The summed E-state index contributed by atoms with van der Waals surface area (Å²) in [6.45, 7) is 8.98. The molecule has 4 aromatic rings. The smallest absolute Gasteiger partial charge is 0.0623 e. The highest BCUT2D eigenvalue weighted by Crippen LogP contribution is 2.47. The van der Waals surface area contributed by atoms with Crippen LogP contribution in [0.15, 0.2) is 42.5 Å². The summed E-state index contributed by atoms with van der Waals surface area (Å²) in [6.07, 6.45) is 6.90. The summed E-state index contributed by atoms with van der Waals surface area (Å²) in [6, 6.07) is 11.5. The number of rotatable bonds is 2. The zero-order valence-electron chi connectivity index (χ0n) is 17.5. The molecule has 0 aliphatic heterocycles. The van der Waals surface area contributed by atoms with Gasteiger partial charge in [0.1, 0.15) is 0 Å². The fourth-order valence-electron chi connectivity index (χ4n) is 4.76. The van der Waals surface area contributed by atoms with Gasteiger partial charge in [0, 0.05) is 20.9 Å². The van der Waals surface area contributed by atoms with Crippen molar-refractivity contribution in [2.24, 2.45) is 11.8 Å². The van der Waals surface area contributed by atoms with Crippen molar-refractivity contribution >= 4 is 52.9 Å². The molecular weight excluding hydrogens is 388 g/mol. The zero-order valence-corrected chi connectivity index (χ0v) is 19.1. The lowest BCUT2D eigenvalue weighted by Crippen LogP contribution is -2.15. The average Bonchev–Trinajstić information content (AvgIpc) is 3.21. The van der Waals surface area contributed by atoms with Crippen molar-refractivity contribution in [1.29, 1.82) is 0 Å². The molecule has 0 bridgehead atoms. The van der Waals surface area contributed by atoms with Gasteiger partial charge >= 0.3 is 0 Å². The Labute approximate surface area is 181 Å². The van der Waals surface area contributed by atoms with E-state index in [4.69, 9.17) is 0 Å². The van der Waals surface area contributed by atoms with Crippen LogP contribution in [0.1, 0.15) is 55.5 Å². The molecule has 29 heavy (non-hydrogen) atoms. The molecule has 0 amide bonds. The van der Waals surface area contributed by atoms with Crippen LogP contribution in [-0.4, -0.2) is 0 Å². The standard InChI is InChI=1S/C27H26S2/c1-5-7-19-13-17(4)25-22(11-10-18(19)6-2)26-27(29-25)23-14-20-9-8-16(3)12-21(20)15-24(23)28-26/h5,7-9,12,14-15,17-19H,6,13H2,1-4H3/b7-5-.